The van der Waals surface area contributed by atoms with Crippen LogP contribution < -0.4 is 10.1 Å². The Hall–Kier alpha value is -4.21. The number of amides is 1. The molecular formula is C25H20F4N4O2. The number of H-pyrrole nitrogens is 1. The highest BCUT2D eigenvalue weighted by atomic mass is 19.3. The number of pyridine rings is 1. The second kappa shape index (κ2) is 9.57. The molecule has 2 aromatic carbocycles. The van der Waals surface area contributed by atoms with Crippen molar-refractivity contribution >= 4 is 5.91 Å². The molecule has 4 aromatic rings. The normalized spacial score (nSPS) is 11.4. The fraction of sp³-hybridized carbons (Fsp3) is 0.160. The zero-order valence-corrected chi connectivity index (χ0v) is 18.7. The van der Waals surface area contributed by atoms with Gasteiger partial charge in [0.2, 0.25) is 0 Å². The van der Waals surface area contributed by atoms with Crippen molar-refractivity contribution in [3.05, 3.63) is 94.8 Å². The van der Waals surface area contributed by atoms with Gasteiger partial charge in [-0.2, -0.15) is 13.9 Å². The topological polar surface area (TPSA) is 79.9 Å². The third kappa shape index (κ3) is 5.65. The zero-order chi connectivity index (χ0) is 25.2. The first-order chi connectivity index (χ1) is 16.6. The zero-order valence-electron chi connectivity index (χ0n) is 18.7. The Kier molecular flexibility index (Phi) is 6.54. The predicted octanol–water partition coefficient (Wildman–Crippen LogP) is 5.89. The van der Waals surface area contributed by atoms with Crippen LogP contribution >= 0.6 is 0 Å². The maximum atomic E-state index is 13.5. The first-order valence-corrected chi connectivity index (χ1v) is 10.5. The van der Waals surface area contributed by atoms with Crippen molar-refractivity contribution < 1.29 is 27.1 Å². The molecule has 1 amide bonds. The summed E-state index contributed by atoms with van der Waals surface area (Å²) in [6.45, 7) is 2.39. The Balaban J connectivity index is 1.50. The van der Waals surface area contributed by atoms with E-state index in [-0.39, 0.29) is 23.5 Å². The Morgan fingerprint density at radius 1 is 1.06 bits per heavy atom. The van der Waals surface area contributed by atoms with Crippen LogP contribution in [0.1, 0.15) is 34.1 Å². The summed E-state index contributed by atoms with van der Waals surface area (Å²) in [6.07, 6.45) is 1.45. The van der Waals surface area contributed by atoms with Gasteiger partial charge in [0.05, 0.1) is 5.69 Å². The molecule has 35 heavy (non-hydrogen) atoms. The van der Waals surface area contributed by atoms with Gasteiger partial charge in [-0.15, -0.1) is 0 Å². The van der Waals surface area contributed by atoms with Gasteiger partial charge in [-0.1, -0.05) is 6.07 Å². The number of halogens is 4. The summed E-state index contributed by atoms with van der Waals surface area (Å²) < 4.78 is 59.7. The number of rotatable bonds is 7. The van der Waals surface area contributed by atoms with Gasteiger partial charge in [-0.05, 0) is 48.9 Å². The van der Waals surface area contributed by atoms with Crippen molar-refractivity contribution in [2.75, 3.05) is 0 Å². The van der Waals surface area contributed by atoms with Crippen LogP contribution in [0.25, 0.3) is 11.4 Å². The highest BCUT2D eigenvalue weighted by Crippen LogP contribution is 2.31. The molecule has 0 aliphatic carbocycles. The number of carbonyl (C=O) groups excluding carboxylic acids is 1. The van der Waals surface area contributed by atoms with Crippen molar-refractivity contribution in [1.82, 2.24) is 20.5 Å². The maximum Gasteiger partial charge on any atom is 0.286 e. The van der Waals surface area contributed by atoms with Gasteiger partial charge >= 0.3 is 0 Å². The van der Waals surface area contributed by atoms with E-state index in [1.54, 1.807) is 37.3 Å². The molecule has 2 N–H and O–H groups in total. The summed E-state index contributed by atoms with van der Waals surface area (Å²) in [4.78, 5) is 16.9. The van der Waals surface area contributed by atoms with Gasteiger partial charge in [0, 0.05) is 42.9 Å². The quantitative estimate of drug-likeness (QED) is 0.321. The molecule has 0 atom stereocenters. The summed E-state index contributed by atoms with van der Waals surface area (Å²) in [6, 6.07) is 12.3. The summed E-state index contributed by atoms with van der Waals surface area (Å²) in [5, 5.41) is 8.83. The van der Waals surface area contributed by atoms with Gasteiger partial charge in [-0.25, -0.2) is 8.78 Å². The Labute approximate surface area is 198 Å². The summed E-state index contributed by atoms with van der Waals surface area (Å²) >= 11 is 0. The summed E-state index contributed by atoms with van der Waals surface area (Å²) in [7, 11) is 0. The minimum atomic E-state index is -3.07. The van der Waals surface area contributed by atoms with E-state index in [0.717, 1.165) is 25.1 Å². The van der Waals surface area contributed by atoms with Gasteiger partial charge in [0.15, 0.2) is 0 Å². The first-order valence-electron chi connectivity index (χ1n) is 10.5. The van der Waals surface area contributed by atoms with E-state index in [1.165, 1.54) is 12.3 Å². The number of hydrogen-bond donors (Lipinski definition) is 2. The summed E-state index contributed by atoms with van der Waals surface area (Å²) in [5.74, 6) is -4.23. The number of aromatic amines is 1. The lowest BCUT2D eigenvalue weighted by Gasteiger charge is -2.13. The number of nitrogens with zero attached hydrogens (tertiary/aromatic N) is 2. The molecule has 180 valence electrons. The molecule has 0 fully saturated rings. The molecule has 2 aromatic heterocycles. The molecule has 10 heteroatoms. The highest BCUT2D eigenvalue weighted by molar-refractivity contribution is 5.96. The smallest absolute Gasteiger partial charge is 0.286 e. The molecule has 6 nitrogen and oxygen atoms in total. The largest absolute Gasteiger partial charge is 0.457 e. The van der Waals surface area contributed by atoms with Crippen LogP contribution in [0.3, 0.4) is 0 Å². The monoisotopic (exact) mass is 484 g/mol. The lowest BCUT2D eigenvalue weighted by Crippen LogP contribution is -2.23. The number of ether oxygens (including phenoxy) is 1. The highest BCUT2D eigenvalue weighted by Gasteiger charge is 2.27. The predicted molar refractivity (Wildman–Crippen MR) is 120 cm³/mol. The minimum Gasteiger partial charge on any atom is -0.457 e. The van der Waals surface area contributed by atoms with Gasteiger partial charge in [0.25, 0.3) is 11.8 Å². The van der Waals surface area contributed by atoms with Crippen molar-refractivity contribution in [1.29, 1.82) is 0 Å². The van der Waals surface area contributed by atoms with Crippen LogP contribution in [-0.2, 0) is 12.5 Å². The van der Waals surface area contributed by atoms with E-state index in [4.69, 9.17) is 4.74 Å². The number of nitrogens with one attached hydrogen (secondary N) is 2. The number of alkyl halides is 2. The van der Waals surface area contributed by atoms with Gasteiger partial charge in [0.1, 0.15) is 34.5 Å². The molecule has 0 bridgehead atoms. The maximum absolute atomic E-state index is 13.5. The van der Waals surface area contributed by atoms with E-state index in [0.29, 0.717) is 28.3 Å². The van der Waals surface area contributed by atoms with Crippen LogP contribution in [0.4, 0.5) is 17.6 Å². The third-order valence-electron chi connectivity index (χ3n) is 5.18. The fourth-order valence-electron chi connectivity index (χ4n) is 3.38. The van der Waals surface area contributed by atoms with Crippen LogP contribution in [0.15, 0.2) is 60.8 Å². The van der Waals surface area contributed by atoms with E-state index in [1.807, 2.05) is 0 Å². The lowest BCUT2D eigenvalue weighted by molar-refractivity contribution is 0.0127. The van der Waals surface area contributed by atoms with Crippen LogP contribution in [0.2, 0.25) is 0 Å². The number of benzene rings is 2. The number of carbonyl (C=O) groups is 1. The molecule has 0 aliphatic heterocycles. The van der Waals surface area contributed by atoms with E-state index in [2.05, 4.69) is 20.5 Å². The van der Waals surface area contributed by atoms with E-state index in [9.17, 15) is 22.4 Å². The van der Waals surface area contributed by atoms with Crippen LogP contribution in [0, 0.1) is 18.6 Å². The number of aromatic nitrogens is 3. The fourth-order valence-corrected chi connectivity index (χ4v) is 3.38. The van der Waals surface area contributed by atoms with Crippen molar-refractivity contribution in [3.8, 4) is 22.9 Å². The molecule has 0 radical (unpaired) electrons. The average Bonchev–Trinajstić information content (AvgIpc) is 3.30. The third-order valence-corrected chi connectivity index (χ3v) is 5.18. The van der Waals surface area contributed by atoms with Crippen molar-refractivity contribution in [3.63, 3.8) is 0 Å². The first kappa shape index (κ1) is 23.9. The molecule has 0 unspecified atom stereocenters. The van der Waals surface area contributed by atoms with Crippen LogP contribution in [0.5, 0.6) is 11.5 Å². The van der Waals surface area contributed by atoms with Gasteiger partial charge in [-0.3, -0.25) is 14.9 Å². The summed E-state index contributed by atoms with van der Waals surface area (Å²) in [5.41, 5.74) is 1.34. The van der Waals surface area contributed by atoms with Crippen LogP contribution in [-0.4, -0.2) is 21.1 Å². The Morgan fingerprint density at radius 2 is 1.80 bits per heavy atom. The van der Waals surface area contributed by atoms with Gasteiger partial charge < -0.3 is 10.1 Å². The van der Waals surface area contributed by atoms with E-state index >= 15 is 0 Å². The molecule has 0 saturated heterocycles. The molecular weight excluding hydrogens is 464 g/mol. The number of hydrogen-bond acceptors (Lipinski definition) is 4. The standard InChI is InChI=1S/C25H20F4N4O2/c1-14-19(24(34)31-13-15-8-16(26)10-17(27)9-15)4-3-5-22(14)35-18-6-7-30-20(11-18)21-12-23(33-32-21)25(2,28)29/h3-12H,13H2,1-2H3,(H,31,34)(H,32,33). The SMILES string of the molecule is Cc1c(Oc2ccnc(-c3cc(C(C)(F)F)[nH]n3)c2)cccc1C(=O)NCc1cc(F)cc(F)c1. The Bertz CT molecular complexity index is 1360. The molecule has 0 saturated carbocycles. The molecule has 4 rings (SSSR count). The average molecular weight is 484 g/mol. The second-order valence-corrected chi connectivity index (χ2v) is 7.92. The van der Waals surface area contributed by atoms with E-state index < -0.39 is 23.5 Å². The molecule has 2 heterocycles. The minimum absolute atomic E-state index is 0.0613. The lowest BCUT2D eigenvalue weighted by atomic mass is 10.1. The van der Waals surface area contributed by atoms with Crippen molar-refractivity contribution in [2.45, 2.75) is 26.3 Å². The second-order valence-electron chi connectivity index (χ2n) is 7.92. The Morgan fingerprint density at radius 3 is 2.49 bits per heavy atom. The molecule has 0 aliphatic rings. The molecule has 0 spiro atoms. The van der Waals surface area contributed by atoms with Crippen molar-refractivity contribution in [2.24, 2.45) is 0 Å².